The van der Waals surface area contributed by atoms with Crippen LogP contribution < -0.4 is 0 Å². The van der Waals surface area contributed by atoms with Crippen LogP contribution >= 0.6 is 11.3 Å². The lowest BCUT2D eigenvalue weighted by Gasteiger charge is -2.35. The van der Waals surface area contributed by atoms with Crippen molar-refractivity contribution in [3.8, 4) is 67.5 Å². The molecule has 266 valence electrons. The van der Waals surface area contributed by atoms with E-state index in [1.807, 2.05) is 12.1 Å². The molecule has 2 aliphatic carbocycles. The van der Waals surface area contributed by atoms with Crippen molar-refractivity contribution in [3.63, 3.8) is 0 Å². The first-order valence-electron chi connectivity index (χ1n) is 23.2. The Bertz CT molecular complexity index is 3660. The quantitative estimate of drug-likeness (QED) is 0.180. The third-order valence-electron chi connectivity index (χ3n) is 11.4. The molecule has 0 saturated carbocycles. The van der Waals surface area contributed by atoms with Crippen LogP contribution in [0.4, 0.5) is 0 Å². The van der Waals surface area contributed by atoms with Crippen molar-refractivity contribution in [2.24, 2.45) is 0 Å². The van der Waals surface area contributed by atoms with Gasteiger partial charge in [-0.1, -0.05) is 157 Å². The highest BCUT2D eigenvalue weighted by Gasteiger charge is 2.50. The average molecular weight is 753 g/mol. The summed E-state index contributed by atoms with van der Waals surface area (Å²) in [6.07, 6.45) is 0. The predicted octanol–water partition coefficient (Wildman–Crippen LogP) is 13.6. The number of fused-ring (bicyclic) bond motifs is 15. The van der Waals surface area contributed by atoms with Crippen LogP contribution in [0, 0.1) is 6.92 Å². The normalized spacial score (nSPS) is 17.0. The van der Waals surface area contributed by atoms with E-state index in [2.05, 4.69) is 120 Å². The molecule has 0 amide bonds. The number of hydrogen-bond donors (Lipinski definition) is 0. The van der Waals surface area contributed by atoms with Gasteiger partial charge in [0.1, 0.15) is 0 Å². The first kappa shape index (κ1) is 24.5. The lowest BCUT2D eigenvalue weighted by atomic mass is 9.65. The second-order valence-corrected chi connectivity index (χ2v) is 15.5. The zero-order valence-electron chi connectivity index (χ0n) is 39.4. The zero-order valence-corrected chi connectivity index (χ0v) is 31.2. The molecule has 57 heavy (non-hydrogen) atoms. The van der Waals surface area contributed by atoms with E-state index >= 15 is 0 Å². The maximum atomic E-state index is 9.09. The summed E-state index contributed by atoms with van der Waals surface area (Å²) in [6.45, 7) is 1.52. The highest BCUT2D eigenvalue weighted by Crippen LogP contribution is 2.62. The van der Waals surface area contributed by atoms with Crippen molar-refractivity contribution in [1.29, 1.82) is 0 Å². The molecule has 0 aliphatic heterocycles. The fourth-order valence-corrected chi connectivity index (χ4v) is 10.2. The van der Waals surface area contributed by atoms with E-state index in [0.29, 0.717) is 5.56 Å². The van der Waals surface area contributed by atoms with Gasteiger partial charge in [-0.3, -0.25) is 0 Å². The Hall–Kier alpha value is -7.01. The maximum absolute atomic E-state index is 9.09. The summed E-state index contributed by atoms with van der Waals surface area (Å²) in [6, 6.07) is 40.6. The summed E-state index contributed by atoms with van der Waals surface area (Å²) in [4.78, 5) is 14.5. The van der Waals surface area contributed by atoms with Crippen LogP contribution in [0.15, 0.2) is 182 Å². The first-order chi connectivity index (χ1) is 31.9. The molecule has 8 aromatic carbocycles. The molecular formula is C53H33N3S. The fraction of sp³-hybridized carbons (Fsp3) is 0.0377. The van der Waals surface area contributed by atoms with Gasteiger partial charge in [0, 0.05) is 36.9 Å². The van der Waals surface area contributed by atoms with Gasteiger partial charge in [-0.25, -0.2) is 15.0 Å². The largest absolute Gasteiger partial charge is 0.208 e. The fourth-order valence-electron chi connectivity index (χ4n) is 9.09. The van der Waals surface area contributed by atoms with Crippen LogP contribution in [0.5, 0.6) is 0 Å². The van der Waals surface area contributed by atoms with Crippen molar-refractivity contribution in [2.75, 3.05) is 0 Å². The second kappa shape index (κ2) is 12.2. The molecule has 0 fully saturated rings. The number of aromatic nitrogens is 3. The molecule has 2 heterocycles. The lowest BCUT2D eigenvalue weighted by molar-refractivity contribution is 0.776. The molecule has 0 bridgehead atoms. The molecule has 1 atom stereocenters. The van der Waals surface area contributed by atoms with Gasteiger partial charge in [0.25, 0.3) is 0 Å². The minimum atomic E-state index is -0.903. The minimum absolute atomic E-state index is 0.0642. The van der Waals surface area contributed by atoms with E-state index in [4.69, 9.17) is 22.3 Å². The molecule has 10 aromatic rings. The molecule has 0 saturated heterocycles. The summed E-state index contributed by atoms with van der Waals surface area (Å²) < 4.78 is 80.8. The Labute approximate surface area is 347 Å². The molecule has 12 rings (SSSR count). The van der Waals surface area contributed by atoms with E-state index in [-0.39, 0.29) is 46.2 Å². The van der Waals surface area contributed by atoms with Crippen LogP contribution in [-0.4, -0.2) is 15.0 Å². The molecule has 1 unspecified atom stereocenters. The lowest BCUT2D eigenvalue weighted by Crippen LogP contribution is -2.29. The van der Waals surface area contributed by atoms with E-state index < -0.39 is 47.7 Å². The summed E-state index contributed by atoms with van der Waals surface area (Å²) in [5, 5.41) is 2.33. The highest BCUT2D eigenvalue weighted by molar-refractivity contribution is 7.25. The number of benzene rings is 8. The van der Waals surface area contributed by atoms with Gasteiger partial charge >= 0.3 is 0 Å². The Morgan fingerprint density at radius 3 is 1.77 bits per heavy atom. The number of rotatable bonds is 3. The molecule has 2 aromatic heterocycles. The van der Waals surface area contributed by atoms with Gasteiger partial charge in [-0.2, -0.15) is 0 Å². The van der Waals surface area contributed by atoms with Crippen molar-refractivity contribution < 1.29 is 12.3 Å². The Morgan fingerprint density at radius 1 is 0.439 bits per heavy atom. The van der Waals surface area contributed by atoms with E-state index in [9.17, 15) is 0 Å². The van der Waals surface area contributed by atoms with Gasteiger partial charge in [0.2, 0.25) is 0 Å². The monoisotopic (exact) mass is 752 g/mol. The minimum Gasteiger partial charge on any atom is -0.208 e. The highest BCUT2D eigenvalue weighted by atomic mass is 32.1. The van der Waals surface area contributed by atoms with Crippen LogP contribution in [0.1, 0.15) is 40.2 Å². The third kappa shape index (κ3) is 4.68. The number of hydrogen-bond acceptors (Lipinski definition) is 4. The van der Waals surface area contributed by atoms with E-state index in [1.54, 1.807) is 11.3 Å². The number of nitrogens with zero attached hydrogens (tertiary/aromatic N) is 3. The predicted molar refractivity (Wildman–Crippen MR) is 235 cm³/mol. The van der Waals surface area contributed by atoms with Crippen LogP contribution in [0.2, 0.25) is 0 Å². The van der Waals surface area contributed by atoms with Crippen LogP contribution in [0.3, 0.4) is 0 Å². The topological polar surface area (TPSA) is 38.7 Å². The van der Waals surface area contributed by atoms with Gasteiger partial charge in [-0.15, -0.1) is 11.3 Å². The summed E-state index contributed by atoms with van der Waals surface area (Å²) >= 11 is 1.78. The summed E-state index contributed by atoms with van der Waals surface area (Å²) in [7, 11) is 0. The van der Waals surface area contributed by atoms with Gasteiger partial charge in [0.15, 0.2) is 17.5 Å². The van der Waals surface area contributed by atoms with E-state index in [1.165, 1.54) is 21.7 Å². The second-order valence-electron chi connectivity index (χ2n) is 14.4. The Balaban J connectivity index is 1.22. The smallest absolute Gasteiger partial charge is 0.164 e. The zero-order chi connectivity index (χ0) is 45.5. The standard InChI is InChI=1S/C53H33N3S/c1-32-14-13-17-34(28-32)51-54-50(33-15-3-2-4-16-33)55-52(56-51)35-26-27-40-37-19-6-5-18-36(37)38-20-7-10-23-44(38)53(46(40)29-35)45-24-11-8-21-39(45)42-31-49-43(30-47(42)53)41-22-9-12-25-48(41)57-49/h2-31H,1H3/i2D,3D,4D,13D,14D,15D,16D,17D,28D. The summed E-state index contributed by atoms with van der Waals surface area (Å²) in [5.41, 5.74) is 9.98. The first-order valence-corrected chi connectivity index (χ1v) is 19.5. The van der Waals surface area contributed by atoms with Crippen molar-refractivity contribution >= 4 is 31.5 Å². The van der Waals surface area contributed by atoms with Gasteiger partial charge < -0.3 is 0 Å². The molecule has 1 spiro atoms. The molecule has 0 radical (unpaired) electrons. The maximum Gasteiger partial charge on any atom is 0.164 e. The van der Waals surface area contributed by atoms with Crippen LogP contribution in [0.25, 0.3) is 87.7 Å². The number of thiophene rings is 1. The SMILES string of the molecule is [2H]c1c([2H])c([2H])c(-c2nc(-c3ccc4c(c3)C3(c5ccccc5-c5ccccc5-4)c4ccccc4-c4cc5sc6ccccc6c5cc43)nc(-c3c([2H])c([2H])c([2H])c(C)c3[2H])n2)c([2H])c1[2H]. The molecule has 3 nitrogen and oxygen atoms in total. The summed E-state index contributed by atoms with van der Waals surface area (Å²) in [5.74, 6) is -0.389. The van der Waals surface area contributed by atoms with Gasteiger partial charge in [0.05, 0.1) is 17.8 Å². The van der Waals surface area contributed by atoms with Crippen molar-refractivity contribution in [3.05, 3.63) is 210 Å². The molecule has 4 heteroatoms. The molecule has 0 N–H and O–H groups in total. The molecular weight excluding hydrogens is 711 g/mol. The Kier molecular flexibility index (Phi) is 5.26. The van der Waals surface area contributed by atoms with Gasteiger partial charge in [-0.05, 0) is 92.9 Å². The van der Waals surface area contributed by atoms with Crippen molar-refractivity contribution in [1.82, 2.24) is 15.0 Å². The average Bonchev–Trinajstić information content (AvgIpc) is 3.82. The Morgan fingerprint density at radius 2 is 1.02 bits per heavy atom. The third-order valence-corrected chi connectivity index (χ3v) is 12.5. The van der Waals surface area contributed by atoms with Crippen LogP contribution in [-0.2, 0) is 5.41 Å². The van der Waals surface area contributed by atoms with Crippen molar-refractivity contribution in [2.45, 2.75) is 12.3 Å². The molecule has 2 aliphatic rings. The van der Waals surface area contributed by atoms with E-state index in [0.717, 1.165) is 61.0 Å².